The zero-order valence-electron chi connectivity index (χ0n) is 21.8. The lowest BCUT2D eigenvalue weighted by atomic mass is 9.75. The van der Waals surface area contributed by atoms with E-state index in [1.165, 1.54) is 11.3 Å². The first kappa shape index (κ1) is 27.4. The second-order valence-corrected chi connectivity index (χ2v) is 12.1. The Bertz CT molecular complexity index is 1370. The van der Waals surface area contributed by atoms with Crippen LogP contribution in [0.2, 0.25) is 5.02 Å². The molecule has 0 radical (unpaired) electrons. The molecule has 1 amide bonds. The number of nitrogens with zero attached hydrogens (tertiary/aromatic N) is 1. The van der Waals surface area contributed by atoms with E-state index in [0.29, 0.717) is 10.6 Å². The van der Waals surface area contributed by atoms with Gasteiger partial charge in [-0.15, -0.1) is 11.3 Å². The summed E-state index contributed by atoms with van der Waals surface area (Å²) in [6.45, 7) is 1.62. The molecule has 2 aromatic carbocycles. The van der Waals surface area contributed by atoms with Gasteiger partial charge in [0.1, 0.15) is 5.54 Å². The standard InChI is InChI=1S/C32H32ClNO4S/c1-32(31(37)38)28(26-16-9-19-39-26)27(29(35)23-14-8-15-24(33)20-23)25(18-17-21-10-4-2-5-11-21)34(32)30(36)22-12-6-3-7-13-22/h2,4-5,8-11,14-20,22,25,27-28H,3,6-7,12-13H2,1H3,(H,37,38). The molecule has 0 bridgehead atoms. The van der Waals surface area contributed by atoms with Crippen molar-refractivity contribution in [2.45, 2.75) is 56.5 Å². The fourth-order valence-electron chi connectivity index (χ4n) is 6.37. The van der Waals surface area contributed by atoms with Crippen molar-refractivity contribution in [3.05, 3.63) is 99.2 Å². The number of carboxylic acid groups (broad SMARTS) is 1. The minimum absolute atomic E-state index is 0.176. The summed E-state index contributed by atoms with van der Waals surface area (Å²) >= 11 is 7.70. The molecule has 0 spiro atoms. The summed E-state index contributed by atoms with van der Waals surface area (Å²) in [7, 11) is 0. The number of benzene rings is 2. The molecule has 5 rings (SSSR count). The lowest BCUT2D eigenvalue weighted by molar-refractivity contribution is -0.159. The van der Waals surface area contributed by atoms with Crippen LogP contribution in [-0.4, -0.2) is 39.2 Å². The van der Waals surface area contributed by atoms with E-state index in [1.807, 2.05) is 60.0 Å². The Kier molecular flexibility index (Phi) is 8.06. The number of amides is 1. The molecular formula is C32H32ClNO4S. The normalized spacial score (nSPS) is 25.7. The van der Waals surface area contributed by atoms with E-state index in [9.17, 15) is 19.5 Å². The van der Waals surface area contributed by atoms with Crippen LogP contribution in [0.25, 0.3) is 6.08 Å². The van der Waals surface area contributed by atoms with Crippen LogP contribution in [-0.2, 0) is 9.59 Å². The number of hydrogen-bond donors (Lipinski definition) is 1. The van der Waals surface area contributed by atoms with E-state index in [1.54, 1.807) is 36.1 Å². The van der Waals surface area contributed by atoms with Crippen LogP contribution in [0.5, 0.6) is 0 Å². The summed E-state index contributed by atoms with van der Waals surface area (Å²) in [6.07, 6.45) is 8.18. The molecule has 7 heteroatoms. The molecule has 4 unspecified atom stereocenters. The SMILES string of the molecule is CC1(C(=O)O)C(c2cccs2)C(C(=O)c2cccc(Cl)c2)C(C=Cc2ccccc2)N1C(=O)C1CCCCC1. The first-order chi connectivity index (χ1) is 18.8. The van der Waals surface area contributed by atoms with Crippen molar-refractivity contribution in [1.29, 1.82) is 0 Å². The van der Waals surface area contributed by atoms with Gasteiger partial charge in [0.05, 0.1) is 12.0 Å². The molecule has 2 heterocycles. The van der Waals surface area contributed by atoms with Gasteiger partial charge in [-0.25, -0.2) is 4.79 Å². The van der Waals surface area contributed by atoms with Gasteiger partial charge < -0.3 is 10.0 Å². The molecule has 1 N–H and O–H groups in total. The zero-order chi connectivity index (χ0) is 27.6. The first-order valence-electron chi connectivity index (χ1n) is 13.5. The smallest absolute Gasteiger partial charge is 0.330 e. The fourth-order valence-corrected chi connectivity index (χ4v) is 7.55. The molecule has 2 fully saturated rings. The molecule has 39 heavy (non-hydrogen) atoms. The molecule has 202 valence electrons. The van der Waals surface area contributed by atoms with Gasteiger partial charge in [0.15, 0.2) is 5.78 Å². The monoisotopic (exact) mass is 561 g/mol. The Morgan fingerprint density at radius 2 is 1.74 bits per heavy atom. The maximum Gasteiger partial charge on any atom is 0.330 e. The zero-order valence-corrected chi connectivity index (χ0v) is 23.4. The highest BCUT2D eigenvalue weighted by molar-refractivity contribution is 7.10. The molecule has 2 aliphatic rings. The lowest BCUT2D eigenvalue weighted by Crippen LogP contribution is -2.57. The van der Waals surface area contributed by atoms with E-state index in [-0.39, 0.29) is 17.6 Å². The third kappa shape index (κ3) is 5.20. The van der Waals surface area contributed by atoms with E-state index >= 15 is 0 Å². The minimum Gasteiger partial charge on any atom is -0.479 e. The predicted octanol–water partition coefficient (Wildman–Crippen LogP) is 7.33. The topological polar surface area (TPSA) is 74.7 Å². The number of hydrogen-bond acceptors (Lipinski definition) is 4. The van der Waals surface area contributed by atoms with Gasteiger partial charge in [-0.1, -0.05) is 91.5 Å². The number of Topliss-reactive ketones (excluding diaryl/α,β-unsaturated/α-hetero) is 1. The maximum atomic E-state index is 14.4. The van der Waals surface area contributed by atoms with Crippen LogP contribution in [0.15, 0.2) is 78.2 Å². The molecular weight excluding hydrogens is 530 g/mol. The Morgan fingerprint density at radius 3 is 2.38 bits per heavy atom. The number of likely N-dealkylation sites (tertiary alicyclic amines) is 1. The number of rotatable bonds is 7. The third-order valence-electron chi connectivity index (χ3n) is 8.30. The van der Waals surface area contributed by atoms with Crippen molar-refractivity contribution < 1.29 is 19.5 Å². The van der Waals surface area contributed by atoms with Crippen LogP contribution in [0.1, 0.15) is 65.7 Å². The van der Waals surface area contributed by atoms with E-state index < -0.39 is 29.4 Å². The van der Waals surface area contributed by atoms with E-state index in [0.717, 1.165) is 42.5 Å². The average molecular weight is 562 g/mol. The molecule has 1 aliphatic heterocycles. The largest absolute Gasteiger partial charge is 0.479 e. The van der Waals surface area contributed by atoms with Gasteiger partial charge in [0.2, 0.25) is 5.91 Å². The van der Waals surface area contributed by atoms with Crippen molar-refractivity contribution in [2.75, 3.05) is 0 Å². The Labute approximate surface area is 238 Å². The van der Waals surface area contributed by atoms with Crippen LogP contribution in [0.4, 0.5) is 0 Å². The Hall–Kier alpha value is -3.22. The second kappa shape index (κ2) is 11.5. The van der Waals surface area contributed by atoms with Crippen molar-refractivity contribution in [2.24, 2.45) is 11.8 Å². The van der Waals surface area contributed by atoms with E-state index in [4.69, 9.17) is 11.6 Å². The third-order valence-corrected chi connectivity index (χ3v) is 9.49. The van der Waals surface area contributed by atoms with Crippen molar-refractivity contribution >= 4 is 46.7 Å². The summed E-state index contributed by atoms with van der Waals surface area (Å²) in [5.41, 5.74) is -0.302. The first-order valence-corrected chi connectivity index (χ1v) is 14.7. The van der Waals surface area contributed by atoms with Crippen LogP contribution >= 0.6 is 22.9 Å². The molecule has 4 atom stereocenters. The molecule has 1 aliphatic carbocycles. The Balaban J connectivity index is 1.71. The number of aliphatic carboxylic acids is 1. The molecule has 1 saturated heterocycles. The summed E-state index contributed by atoms with van der Waals surface area (Å²) < 4.78 is 0. The number of halogens is 1. The summed E-state index contributed by atoms with van der Waals surface area (Å²) in [5, 5.41) is 13.1. The van der Waals surface area contributed by atoms with Crippen molar-refractivity contribution in [3.8, 4) is 0 Å². The molecule has 3 aromatic rings. The fraction of sp³-hybridized carbons (Fsp3) is 0.344. The summed E-state index contributed by atoms with van der Waals surface area (Å²) in [4.78, 5) is 44.3. The lowest BCUT2D eigenvalue weighted by Gasteiger charge is -2.39. The average Bonchev–Trinajstić information content (AvgIpc) is 3.57. The molecule has 1 aromatic heterocycles. The van der Waals surface area contributed by atoms with Crippen LogP contribution < -0.4 is 0 Å². The van der Waals surface area contributed by atoms with E-state index in [2.05, 4.69) is 0 Å². The quantitative estimate of drug-likeness (QED) is 0.306. The van der Waals surface area contributed by atoms with Gasteiger partial charge in [-0.05, 0) is 48.9 Å². The second-order valence-electron chi connectivity index (χ2n) is 10.6. The van der Waals surface area contributed by atoms with Gasteiger partial charge in [-0.2, -0.15) is 0 Å². The van der Waals surface area contributed by atoms with Gasteiger partial charge in [0, 0.05) is 27.3 Å². The van der Waals surface area contributed by atoms with Crippen LogP contribution in [0.3, 0.4) is 0 Å². The predicted molar refractivity (Wildman–Crippen MR) is 155 cm³/mol. The highest BCUT2D eigenvalue weighted by Gasteiger charge is 2.64. The van der Waals surface area contributed by atoms with Gasteiger partial charge in [0.25, 0.3) is 0 Å². The van der Waals surface area contributed by atoms with Gasteiger partial charge >= 0.3 is 5.97 Å². The number of carbonyl (C=O) groups is 3. The number of ketones is 1. The van der Waals surface area contributed by atoms with Gasteiger partial charge in [-0.3, -0.25) is 9.59 Å². The number of thiophene rings is 1. The number of carboxylic acids is 1. The molecule has 5 nitrogen and oxygen atoms in total. The summed E-state index contributed by atoms with van der Waals surface area (Å²) in [5.74, 6) is -3.30. The highest BCUT2D eigenvalue weighted by Crippen LogP contribution is 2.53. The number of carbonyl (C=O) groups excluding carboxylic acids is 2. The Morgan fingerprint density at radius 1 is 1.00 bits per heavy atom. The maximum absolute atomic E-state index is 14.4. The summed E-state index contributed by atoms with van der Waals surface area (Å²) in [6, 6.07) is 19.4. The molecule has 1 saturated carbocycles. The van der Waals surface area contributed by atoms with Crippen molar-refractivity contribution in [1.82, 2.24) is 4.90 Å². The van der Waals surface area contributed by atoms with Crippen LogP contribution in [0, 0.1) is 11.8 Å². The highest BCUT2D eigenvalue weighted by atomic mass is 35.5. The van der Waals surface area contributed by atoms with Crippen molar-refractivity contribution in [3.63, 3.8) is 0 Å². The minimum atomic E-state index is -1.62.